The summed E-state index contributed by atoms with van der Waals surface area (Å²) in [6, 6.07) is 14.2. The standard InChI is InChI=1S/C25H20N6O6/c1-30-18-10-15(4-7-20(18)37-25(30)36)13-26-22(32)17-11-19(31-21(29-17)8-9-28-31)23(33)27-12-14-2-5-16(6-3-14)24(34)35/h2-11H,12-13H2,1H3,(H,26,32)(H,27,33)(H,34,35). The van der Waals surface area contributed by atoms with Crippen LogP contribution in [0.2, 0.25) is 0 Å². The summed E-state index contributed by atoms with van der Waals surface area (Å²) in [5, 5.41) is 18.7. The monoisotopic (exact) mass is 500 g/mol. The highest BCUT2D eigenvalue weighted by atomic mass is 16.4. The zero-order chi connectivity index (χ0) is 26.1. The number of carboxylic acids is 1. The minimum atomic E-state index is -1.04. The Morgan fingerprint density at radius 1 is 0.946 bits per heavy atom. The van der Waals surface area contributed by atoms with Crippen molar-refractivity contribution in [3.05, 3.63) is 99.4 Å². The number of fused-ring (bicyclic) bond motifs is 2. The summed E-state index contributed by atoms with van der Waals surface area (Å²) < 4.78 is 7.82. The predicted octanol–water partition coefficient (Wildman–Crippen LogP) is 1.73. The quantitative estimate of drug-likeness (QED) is 0.304. The zero-order valence-electron chi connectivity index (χ0n) is 19.5. The predicted molar refractivity (Wildman–Crippen MR) is 130 cm³/mol. The van der Waals surface area contributed by atoms with E-state index in [4.69, 9.17) is 9.52 Å². The second-order valence-corrected chi connectivity index (χ2v) is 8.22. The number of amides is 2. The van der Waals surface area contributed by atoms with E-state index < -0.39 is 23.5 Å². The molecule has 0 saturated heterocycles. The molecule has 0 saturated carbocycles. The van der Waals surface area contributed by atoms with Gasteiger partial charge in [0.15, 0.2) is 11.2 Å². The number of nitrogens with zero attached hydrogens (tertiary/aromatic N) is 4. The molecule has 0 aliphatic rings. The number of rotatable bonds is 7. The van der Waals surface area contributed by atoms with E-state index >= 15 is 0 Å². The van der Waals surface area contributed by atoms with Crippen molar-refractivity contribution < 1.29 is 23.9 Å². The lowest BCUT2D eigenvalue weighted by Crippen LogP contribution is -2.28. The van der Waals surface area contributed by atoms with Crippen LogP contribution in [0.3, 0.4) is 0 Å². The Kier molecular flexibility index (Phi) is 5.97. The molecule has 0 aliphatic heterocycles. The molecule has 3 N–H and O–H groups in total. The molecule has 3 aromatic heterocycles. The van der Waals surface area contributed by atoms with Gasteiger partial charge in [-0.25, -0.2) is 19.1 Å². The van der Waals surface area contributed by atoms with E-state index in [9.17, 15) is 19.2 Å². The number of hydrogen-bond donors (Lipinski definition) is 3. The van der Waals surface area contributed by atoms with E-state index in [-0.39, 0.29) is 30.0 Å². The van der Waals surface area contributed by atoms with Crippen molar-refractivity contribution in [3.8, 4) is 0 Å². The van der Waals surface area contributed by atoms with E-state index in [2.05, 4.69) is 20.7 Å². The fraction of sp³-hybridized carbons (Fsp3) is 0.120. The number of carboxylic acid groups (broad SMARTS) is 1. The summed E-state index contributed by atoms with van der Waals surface area (Å²) in [4.78, 5) is 52.9. The maximum absolute atomic E-state index is 13.0. The van der Waals surface area contributed by atoms with E-state index in [0.717, 1.165) is 5.56 Å². The Bertz CT molecular complexity index is 1730. The fourth-order valence-electron chi connectivity index (χ4n) is 3.78. The van der Waals surface area contributed by atoms with Crippen LogP contribution >= 0.6 is 0 Å². The molecule has 37 heavy (non-hydrogen) atoms. The number of nitrogens with one attached hydrogen (secondary N) is 2. The molecule has 12 heteroatoms. The molecule has 0 radical (unpaired) electrons. The first-order valence-corrected chi connectivity index (χ1v) is 11.1. The van der Waals surface area contributed by atoms with Crippen LogP contribution in [-0.4, -0.2) is 42.1 Å². The van der Waals surface area contributed by atoms with Crippen molar-refractivity contribution in [2.45, 2.75) is 13.1 Å². The molecule has 3 heterocycles. The molecular formula is C25H20N6O6. The van der Waals surface area contributed by atoms with E-state index in [1.54, 1.807) is 43.4 Å². The zero-order valence-corrected chi connectivity index (χ0v) is 19.5. The van der Waals surface area contributed by atoms with Gasteiger partial charge in [-0.15, -0.1) is 0 Å². The van der Waals surface area contributed by atoms with Gasteiger partial charge in [0.25, 0.3) is 11.8 Å². The third-order valence-corrected chi connectivity index (χ3v) is 5.79. The van der Waals surface area contributed by atoms with E-state index in [1.165, 1.54) is 33.5 Å². The van der Waals surface area contributed by atoms with Gasteiger partial charge >= 0.3 is 11.7 Å². The van der Waals surface area contributed by atoms with E-state index in [1.807, 2.05) is 0 Å². The topological polar surface area (TPSA) is 161 Å². The molecule has 2 amide bonds. The first kappa shape index (κ1) is 23.5. The van der Waals surface area contributed by atoms with Crippen LogP contribution in [0.25, 0.3) is 16.7 Å². The second kappa shape index (κ2) is 9.41. The number of carbonyl (C=O) groups excluding carboxylic acids is 2. The van der Waals surface area contributed by atoms with Gasteiger partial charge in [0, 0.05) is 32.3 Å². The van der Waals surface area contributed by atoms with Crippen molar-refractivity contribution in [2.75, 3.05) is 0 Å². The molecule has 0 unspecified atom stereocenters. The van der Waals surface area contributed by atoms with Crippen LogP contribution in [0.1, 0.15) is 42.5 Å². The van der Waals surface area contributed by atoms with Crippen LogP contribution < -0.4 is 16.4 Å². The SMILES string of the molecule is Cn1c(=O)oc2ccc(CNC(=O)c3cc(C(=O)NCc4ccc(C(=O)O)cc4)n4nccc4n3)cc21. The number of carbonyl (C=O) groups is 3. The van der Waals surface area contributed by atoms with Crippen molar-refractivity contribution in [2.24, 2.45) is 7.05 Å². The largest absolute Gasteiger partial charge is 0.478 e. The van der Waals surface area contributed by atoms with Crippen LogP contribution in [-0.2, 0) is 20.1 Å². The molecule has 0 fully saturated rings. The average molecular weight is 500 g/mol. The number of hydrogen-bond acceptors (Lipinski definition) is 7. The van der Waals surface area contributed by atoms with Gasteiger partial charge in [-0.1, -0.05) is 18.2 Å². The third-order valence-electron chi connectivity index (χ3n) is 5.79. The highest BCUT2D eigenvalue weighted by Crippen LogP contribution is 2.15. The molecule has 5 rings (SSSR count). The molecule has 0 atom stereocenters. The number of aromatic carboxylic acids is 1. The lowest BCUT2D eigenvalue weighted by Gasteiger charge is -2.10. The lowest BCUT2D eigenvalue weighted by atomic mass is 10.1. The second-order valence-electron chi connectivity index (χ2n) is 8.22. The summed E-state index contributed by atoms with van der Waals surface area (Å²) in [6.07, 6.45) is 1.47. The number of benzene rings is 2. The lowest BCUT2D eigenvalue weighted by molar-refractivity contribution is 0.0696. The van der Waals surface area contributed by atoms with Crippen molar-refractivity contribution in [1.29, 1.82) is 0 Å². The minimum Gasteiger partial charge on any atom is -0.478 e. The molecule has 0 aliphatic carbocycles. The maximum atomic E-state index is 13.0. The average Bonchev–Trinajstić information content (AvgIpc) is 3.49. The van der Waals surface area contributed by atoms with Gasteiger partial charge in [-0.2, -0.15) is 5.10 Å². The Morgan fingerprint density at radius 2 is 1.65 bits per heavy atom. The number of aryl methyl sites for hydroxylation is 1. The summed E-state index contributed by atoms with van der Waals surface area (Å²) in [5.41, 5.74) is 3.10. The summed E-state index contributed by atoms with van der Waals surface area (Å²) in [5.74, 6) is -2.49. The van der Waals surface area contributed by atoms with Gasteiger partial charge in [0.2, 0.25) is 0 Å². The highest BCUT2D eigenvalue weighted by molar-refractivity contribution is 5.98. The van der Waals surface area contributed by atoms with E-state index in [0.29, 0.717) is 22.3 Å². The van der Waals surface area contributed by atoms with Crippen molar-refractivity contribution in [1.82, 2.24) is 29.8 Å². The Morgan fingerprint density at radius 3 is 2.41 bits per heavy atom. The first-order valence-electron chi connectivity index (χ1n) is 11.1. The minimum absolute atomic E-state index is 0.0285. The molecule has 0 spiro atoms. The van der Waals surface area contributed by atoms with Crippen molar-refractivity contribution in [3.63, 3.8) is 0 Å². The molecule has 2 aromatic carbocycles. The fourth-order valence-corrected chi connectivity index (χ4v) is 3.78. The molecule has 186 valence electrons. The smallest absolute Gasteiger partial charge is 0.419 e. The third kappa shape index (κ3) is 4.67. The van der Waals surface area contributed by atoms with Gasteiger partial charge in [0.05, 0.1) is 17.3 Å². The molecule has 12 nitrogen and oxygen atoms in total. The highest BCUT2D eigenvalue weighted by Gasteiger charge is 2.18. The van der Waals surface area contributed by atoms with Gasteiger partial charge < -0.3 is 20.2 Å². The Labute approximate surface area is 208 Å². The Hall–Kier alpha value is -5.26. The summed E-state index contributed by atoms with van der Waals surface area (Å²) in [7, 11) is 1.60. The van der Waals surface area contributed by atoms with Crippen LogP contribution in [0.4, 0.5) is 0 Å². The van der Waals surface area contributed by atoms with Crippen LogP contribution in [0, 0.1) is 0 Å². The van der Waals surface area contributed by atoms with Gasteiger partial charge in [-0.05, 0) is 35.4 Å². The normalized spacial score (nSPS) is 11.1. The maximum Gasteiger partial charge on any atom is 0.419 e. The van der Waals surface area contributed by atoms with Crippen LogP contribution in [0.5, 0.6) is 0 Å². The number of oxazole rings is 1. The molecular weight excluding hydrogens is 480 g/mol. The Balaban J connectivity index is 1.32. The number of aromatic nitrogens is 4. The van der Waals surface area contributed by atoms with Gasteiger partial charge in [0.1, 0.15) is 11.4 Å². The first-order chi connectivity index (χ1) is 17.8. The molecule has 5 aromatic rings. The van der Waals surface area contributed by atoms with Crippen LogP contribution in [0.15, 0.2) is 70.0 Å². The van der Waals surface area contributed by atoms with Gasteiger partial charge in [-0.3, -0.25) is 14.2 Å². The summed E-state index contributed by atoms with van der Waals surface area (Å²) >= 11 is 0. The van der Waals surface area contributed by atoms with Crippen molar-refractivity contribution >= 4 is 34.5 Å². The summed E-state index contributed by atoms with van der Waals surface area (Å²) in [6.45, 7) is 0.304. The molecule has 0 bridgehead atoms.